The van der Waals surface area contributed by atoms with Gasteiger partial charge >= 0.3 is 0 Å². The van der Waals surface area contributed by atoms with Crippen molar-refractivity contribution >= 4 is 50.8 Å². The fourth-order valence-electron chi connectivity index (χ4n) is 2.85. The lowest BCUT2D eigenvalue weighted by Gasteiger charge is -2.44. The van der Waals surface area contributed by atoms with Gasteiger partial charge in [0.15, 0.2) is 0 Å². The Labute approximate surface area is 158 Å². The summed E-state index contributed by atoms with van der Waals surface area (Å²) in [6.07, 6.45) is 0. The van der Waals surface area contributed by atoms with E-state index in [1.165, 1.54) is 0 Å². The van der Waals surface area contributed by atoms with Gasteiger partial charge in [0.05, 0.1) is 0 Å². The minimum absolute atomic E-state index is 0.714. The third kappa shape index (κ3) is 7.58. The quantitative estimate of drug-likeness (QED) is 0.622. The Morgan fingerprint density at radius 1 is 0.560 bits per heavy atom. The van der Waals surface area contributed by atoms with Gasteiger partial charge in [0.1, 0.15) is 32.9 Å². The molecule has 0 aliphatic heterocycles. The molecule has 144 valence electrons. The minimum atomic E-state index is -1.62. The standard InChI is InChI=1S/C15H38N6Si4/c1-22(2,3)19-13-16-14(20-23(4,5)6)18-15(17-13)21(24(7,8)9)25(10,11)12/h1-12H3,(H2,16,17,18,19,20). The van der Waals surface area contributed by atoms with Crippen LogP contribution < -0.4 is 14.2 Å². The van der Waals surface area contributed by atoms with Gasteiger partial charge in [0, 0.05) is 0 Å². The Morgan fingerprint density at radius 3 is 1.12 bits per heavy atom. The molecule has 0 aromatic carbocycles. The molecule has 6 nitrogen and oxygen atoms in total. The summed E-state index contributed by atoms with van der Waals surface area (Å²) in [5, 5.41) is 0. The van der Waals surface area contributed by atoms with Crippen LogP contribution in [0.25, 0.3) is 0 Å². The monoisotopic (exact) mass is 414 g/mol. The van der Waals surface area contributed by atoms with Gasteiger partial charge in [0.25, 0.3) is 0 Å². The smallest absolute Gasteiger partial charge is 0.221 e. The van der Waals surface area contributed by atoms with Crippen LogP contribution in [0, 0.1) is 0 Å². The summed E-state index contributed by atoms with van der Waals surface area (Å²) in [6.45, 7) is 27.8. The van der Waals surface area contributed by atoms with Crippen molar-refractivity contribution in [2.45, 2.75) is 78.6 Å². The number of anilines is 3. The van der Waals surface area contributed by atoms with E-state index in [4.69, 9.17) is 9.97 Å². The van der Waals surface area contributed by atoms with Crippen LogP contribution in [0.5, 0.6) is 0 Å². The van der Waals surface area contributed by atoms with Gasteiger partial charge in [-0.2, -0.15) is 15.0 Å². The fraction of sp³-hybridized carbons (Fsp3) is 0.800. The van der Waals surface area contributed by atoms with Crippen LogP contribution >= 0.6 is 0 Å². The van der Waals surface area contributed by atoms with Crippen molar-refractivity contribution in [1.29, 1.82) is 0 Å². The van der Waals surface area contributed by atoms with Crippen LogP contribution in [0.3, 0.4) is 0 Å². The van der Waals surface area contributed by atoms with E-state index in [1.807, 2.05) is 0 Å². The van der Waals surface area contributed by atoms with Crippen molar-refractivity contribution < 1.29 is 0 Å². The molecule has 0 radical (unpaired) electrons. The zero-order valence-electron chi connectivity index (χ0n) is 18.3. The van der Waals surface area contributed by atoms with E-state index in [0.717, 1.165) is 5.95 Å². The summed E-state index contributed by atoms with van der Waals surface area (Å²) in [6, 6.07) is 0. The molecule has 0 saturated heterocycles. The first-order chi connectivity index (χ1) is 10.9. The van der Waals surface area contributed by atoms with Crippen LogP contribution in [0.1, 0.15) is 0 Å². The van der Waals surface area contributed by atoms with E-state index < -0.39 is 32.9 Å². The molecule has 0 aliphatic carbocycles. The zero-order chi connectivity index (χ0) is 19.8. The summed E-state index contributed by atoms with van der Waals surface area (Å²) in [5.74, 6) is 2.27. The van der Waals surface area contributed by atoms with Crippen LogP contribution in [0.4, 0.5) is 17.8 Å². The van der Waals surface area contributed by atoms with Gasteiger partial charge in [0.2, 0.25) is 17.8 Å². The summed E-state index contributed by atoms with van der Waals surface area (Å²) in [7, 11) is -6.32. The van der Waals surface area contributed by atoms with E-state index in [-0.39, 0.29) is 0 Å². The topological polar surface area (TPSA) is 66.0 Å². The lowest BCUT2D eigenvalue weighted by atomic mass is 10.8. The second-order valence-corrected chi connectivity index (χ2v) is 30.2. The minimum Gasteiger partial charge on any atom is -0.394 e. The number of nitrogens with zero attached hydrogens (tertiary/aromatic N) is 4. The molecule has 2 N–H and O–H groups in total. The Bertz CT molecular complexity index is 548. The van der Waals surface area contributed by atoms with Gasteiger partial charge in [-0.05, 0) is 0 Å². The molecule has 0 saturated carbocycles. The highest BCUT2D eigenvalue weighted by molar-refractivity contribution is 6.99. The molecule has 1 aromatic rings. The van der Waals surface area contributed by atoms with E-state index in [0.29, 0.717) is 11.9 Å². The average molecular weight is 415 g/mol. The summed E-state index contributed by atoms with van der Waals surface area (Å²) >= 11 is 0. The number of aromatic nitrogens is 3. The van der Waals surface area contributed by atoms with Crippen molar-refractivity contribution in [3.05, 3.63) is 0 Å². The number of hydrogen-bond acceptors (Lipinski definition) is 6. The molecular weight excluding hydrogens is 377 g/mol. The highest BCUT2D eigenvalue weighted by atomic mass is 28.4. The molecule has 25 heavy (non-hydrogen) atoms. The van der Waals surface area contributed by atoms with Crippen LogP contribution in [0.15, 0.2) is 0 Å². The second kappa shape index (κ2) is 7.12. The molecule has 0 bridgehead atoms. The van der Waals surface area contributed by atoms with E-state index >= 15 is 0 Å². The number of hydrogen-bond donors (Lipinski definition) is 2. The normalized spacial score (nSPS) is 13.6. The van der Waals surface area contributed by atoms with Crippen LogP contribution in [-0.2, 0) is 0 Å². The highest BCUT2D eigenvalue weighted by Crippen LogP contribution is 2.27. The highest BCUT2D eigenvalue weighted by Gasteiger charge is 2.37. The van der Waals surface area contributed by atoms with Gasteiger partial charge < -0.3 is 14.2 Å². The van der Waals surface area contributed by atoms with Crippen molar-refractivity contribution in [2.24, 2.45) is 0 Å². The van der Waals surface area contributed by atoms with Crippen molar-refractivity contribution in [3.8, 4) is 0 Å². The van der Waals surface area contributed by atoms with E-state index in [2.05, 4.69) is 97.7 Å². The Morgan fingerprint density at radius 2 is 0.880 bits per heavy atom. The van der Waals surface area contributed by atoms with E-state index in [1.54, 1.807) is 0 Å². The average Bonchev–Trinajstić information content (AvgIpc) is 2.17. The number of rotatable bonds is 7. The molecule has 0 fully saturated rings. The largest absolute Gasteiger partial charge is 0.394 e. The third-order valence-electron chi connectivity index (χ3n) is 3.14. The molecule has 0 spiro atoms. The Kier molecular flexibility index (Phi) is 6.36. The molecule has 10 heteroatoms. The first kappa shape index (κ1) is 22.3. The van der Waals surface area contributed by atoms with Gasteiger partial charge in [-0.1, -0.05) is 78.6 Å². The molecular formula is C15H38N6Si4. The fourth-order valence-corrected chi connectivity index (χ4v) is 13.9. The van der Waals surface area contributed by atoms with Gasteiger partial charge in [-0.15, -0.1) is 0 Å². The molecule has 0 aliphatic rings. The molecule has 0 unspecified atom stereocenters. The second-order valence-electron chi connectivity index (χ2n) is 10.7. The molecule has 0 amide bonds. The maximum atomic E-state index is 4.85. The van der Waals surface area contributed by atoms with Crippen LogP contribution in [0.2, 0.25) is 78.6 Å². The van der Waals surface area contributed by atoms with Gasteiger partial charge in [-0.3, -0.25) is 0 Å². The Hall–Kier alpha value is -0.722. The summed E-state index contributed by atoms with van der Waals surface area (Å²) in [4.78, 5) is 21.5. The van der Waals surface area contributed by atoms with Crippen molar-refractivity contribution in [2.75, 3.05) is 14.2 Å². The summed E-state index contributed by atoms with van der Waals surface area (Å²) in [5.41, 5.74) is 0. The molecule has 1 rings (SSSR count). The van der Waals surface area contributed by atoms with E-state index in [9.17, 15) is 0 Å². The maximum Gasteiger partial charge on any atom is 0.221 e. The lowest BCUT2D eigenvalue weighted by molar-refractivity contribution is 1.04. The lowest BCUT2D eigenvalue weighted by Crippen LogP contribution is -2.60. The van der Waals surface area contributed by atoms with Crippen molar-refractivity contribution in [3.63, 3.8) is 0 Å². The van der Waals surface area contributed by atoms with Crippen LogP contribution in [-0.4, -0.2) is 47.9 Å². The molecule has 1 heterocycles. The molecule has 0 atom stereocenters. The predicted octanol–water partition coefficient (Wildman–Crippen LogP) is 4.84. The van der Waals surface area contributed by atoms with Crippen molar-refractivity contribution in [1.82, 2.24) is 15.0 Å². The predicted molar refractivity (Wildman–Crippen MR) is 123 cm³/mol. The van der Waals surface area contributed by atoms with Gasteiger partial charge in [-0.25, -0.2) is 0 Å². The third-order valence-corrected chi connectivity index (χ3v) is 12.2. The summed E-state index contributed by atoms with van der Waals surface area (Å²) < 4.78 is 2.55. The maximum absolute atomic E-state index is 4.85. The first-order valence-corrected chi connectivity index (χ1v) is 22.9. The number of nitrogens with one attached hydrogen (secondary N) is 2. The molecule has 1 aromatic heterocycles. The first-order valence-electron chi connectivity index (χ1n) is 9.01. The Balaban J connectivity index is 3.51. The SMILES string of the molecule is C[Si](C)(C)Nc1nc(N[Si](C)(C)C)nc(N([Si](C)(C)C)[Si](C)(C)C)n1. The zero-order valence-corrected chi connectivity index (χ0v) is 22.3.